The first kappa shape index (κ1) is 24.9. The molecule has 8 heteroatoms. The summed E-state index contributed by atoms with van der Waals surface area (Å²) >= 11 is 0. The van der Waals surface area contributed by atoms with Gasteiger partial charge in [0.05, 0.1) is 24.4 Å². The molecular weight excluding hydrogens is 454 g/mol. The Labute approximate surface area is 210 Å². The molecule has 1 aliphatic rings. The van der Waals surface area contributed by atoms with Gasteiger partial charge in [0, 0.05) is 26.4 Å². The van der Waals surface area contributed by atoms with E-state index in [-0.39, 0.29) is 17.9 Å². The van der Waals surface area contributed by atoms with Crippen molar-refractivity contribution in [3.63, 3.8) is 0 Å². The van der Waals surface area contributed by atoms with E-state index in [2.05, 4.69) is 21.7 Å². The average molecular weight is 484 g/mol. The summed E-state index contributed by atoms with van der Waals surface area (Å²) < 4.78 is 5.94. The van der Waals surface area contributed by atoms with E-state index in [0.717, 1.165) is 24.0 Å². The first-order valence-corrected chi connectivity index (χ1v) is 12.0. The number of nitriles is 1. The highest BCUT2D eigenvalue weighted by Crippen LogP contribution is 2.20. The van der Waals surface area contributed by atoms with Crippen LogP contribution in [0.25, 0.3) is 0 Å². The van der Waals surface area contributed by atoms with Gasteiger partial charge in [-0.05, 0) is 41.8 Å². The molecule has 1 aromatic heterocycles. The largest absolute Gasteiger partial charge is 0.487 e. The molecule has 0 unspecified atom stereocenters. The predicted octanol–water partition coefficient (Wildman–Crippen LogP) is 3.46. The molecule has 0 bridgehead atoms. The molecule has 184 valence electrons. The lowest BCUT2D eigenvalue weighted by atomic mass is 10.1. The molecule has 1 aliphatic heterocycles. The molecule has 0 aliphatic carbocycles. The smallest absolute Gasteiger partial charge is 0.247 e. The first-order chi connectivity index (χ1) is 17.5. The number of nitrogens with one attached hydrogen (secondary N) is 2. The van der Waals surface area contributed by atoms with E-state index in [4.69, 9.17) is 10.00 Å². The second-order valence-electron chi connectivity index (χ2n) is 8.72. The number of carbonyl (C=O) groups is 2. The van der Waals surface area contributed by atoms with Crippen molar-refractivity contribution in [2.45, 2.75) is 31.9 Å². The lowest BCUT2D eigenvalue weighted by Crippen LogP contribution is -2.34. The summed E-state index contributed by atoms with van der Waals surface area (Å²) in [5.41, 5.74) is 2.56. The minimum absolute atomic E-state index is 0.0516. The fourth-order valence-corrected chi connectivity index (χ4v) is 4.14. The molecule has 0 radical (unpaired) electrons. The van der Waals surface area contributed by atoms with Gasteiger partial charge in [-0.2, -0.15) is 5.26 Å². The van der Waals surface area contributed by atoms with Gasteiger partial charge in [-0.15, -0.1) is 0 Å². The second kappa shape index (κ2) is 12.0. The van der Waals surface area contributed by atoms with Crippen molar-refractivity contribution in [2.75, 3.05) is 25.0 Å². The fraction of sp³-hybridized carbons (Fsp3) is 0.286. The van der Waals surface area contributed by atoms with Crippen LogP contribution in [-0.4, -0.2) is 47.4 Å². The highest BCUT2D eigenvalue weighted by atomic mass is 16.5. The maximum atomic E-state index is 13.2. The summed E-state index contributed by atoms with van der Waals surface area (Å²) in [6, 6.07) is 22.0. The monoisotopic (exact) mass is 483 g/mol. The van der Waals surface area contributed by atoms with Gasteiger partial charge < -0.3 is 20.3 Å². The van der Waals surface area contributed by atoms with Crippen LogP contribution >= 0.6 is 0 Å². The summed E-state index contributed by atoms with van der Waals surface area (Å²) in [5, 5.41) is 15.2. The number of likely N-dealkylation sites (tertiary alicyclic amines) is 1. The van der Waals surface area contributed by atoms with Crippen LogP contribution in [-0.2, 0) is 16.0 Å². The Kier molecular flexibility index (Phi) is 8.27. The van der Waals surface area contributed by atoms with Crippen LogP contribution in [0, 0.1) is 11.3 Å². The predicted molar refractivity (Wildman–Crippen MR) is 136 cm³/mol. The molecule has 4 rings (SSSR count). The van der Waals surface area contributed by atoms with Crippen molar-refractivity contribution in [3.05, 3.63) is 89.6 Å². The van der Waals surface area contributed by atoms with Gasteiger partial charge in [-0.3, -0.25) is 9.59 Å². The second-order valence-corrected chi connectivity index (χ2v) is 8.72. The zero-order valence-electron chi connectivity index (χ0n) is 20.2. The molecule has 1 fully saturated rings. The number of benzene rings is 2. The molecule has 0 saturated carbocycles. The number of hydrogen-bond acceptors (Lipinski definition) is 6. The van der Waals surface area contributed by atoms with Gasteiger partial charge in [0.1, 0.15) is 23.7 Å². The third-order valence-corrected chi connectivity index (χ3v) is 6.12. The van der Waals surface area contributed by atoms with E-state index >= 15 is 0 Å². The van der Waals surface area contributed by atoms with Gasteiger partial charge in [-0.1, -0.05) is 42.5 Å². The summed E-state index contributed by atoms with van der Waals surface area (Å²) in [6.07, 6.45) is 3.03. The number of aromatic nitrogens is 1. The van der Waals surface area contributed by atoms with Crippen molar-refractivity contribution in [2.24, 2.45) is 0 Å². The van der Waals surface area contributed by atoms with Gasteiger partial charge in [-0.25, -0.2) is 4.98 Å². The molecule has 2 N–H and O–H groups in total. The maximum absolute atomic E-state index is 13.2. The third-order valence-electron chi connectivity index (χ3n) is 6.12. The van der Waals surface area contributed by atoms with E-state index in [9.17, 15) is 9.59 Å². The van der Waals surface area contributed by atoms with Crippen molar-refractivity contribution in [1.82, 2.24) is 15.2 Å². The minimum Gasteiger partial charge on any atom is -0.487 e. The number of rotatable bonds is 9. The SMILES string of the molecule is CC(=O)N1CC[C@@H](Oc2ccc(NC(=O)[C@@H](NCCc3ccc(C#N)cc3)c3ccccc3)nc2)C1. The van der Waals surface area contributed by atoms with E-state index in [1.807, 2.05) is 42.5 Å². The van der Waals surface area contributed by atoms with Gasteiger partial charge >= 0.3 is 0 Å². The highest BCUT2D eigenvalue weighted by Gasteiger charge is 2.26. The fourth-order valence-electron chi connectivity index (χ4n) is 4.14. The number of ether oxygens (including phenoxy) is 1. The summed E-state index contributed by atoms with van der Waals surface area (Å²) in [6.45, 7) is 3.41. The zero-order chi connectivity index (χ0) is 25.3. The molecule has 2 aromatic carbocycles. The topological polar surface area (TPSA) is 107 Å². The summed E-state index contributed by atoms with van der Waals surface area (Å²) in [7, 11) is 0. The van der Waals surface area contributed by atoms with E-state index in [0.29, 0.717) is 36.8 Å². The van der Waals surface area contributed by atoms with Crippen LogP contribution in [0.2, 0.25) is 0 Å². The molecule has 2 atom stereocenters. The number of hydrogen-bond donors (Lipinski definition) is 2. The van der Waals surface area contributed by atoms with Crippen LogP contribution in [0.15, 0.2) is 72.9 Å². The Balaban J connectivity index is 1.35. The molecule has 8 nitrogen and oxygen atoms in total. The van der Waals surface area contributed by atoms with Crippen LogP contribution in [0.3, 0.4) is 0 Å². The van der Waals surface area contributed by atoms with Gasteiger partial charge in [0.15, 0.2) is 0 Å². The Morgan fingerprint density at radius 1 is 1.14 bits per heavy atom. The van der Waals surface area contributed by atoms with Crippen LogP contribution in [0.4, 0.5) is 5.82 Å². The summed E-state index contributed by atoms with van der Waals surface area (Å²) in [4.78, 5) is 30.8. The molecular formula is C28H29N5O3. The maximum Gasteiger partial charge on any atom is 0.247 e. The number of nitrogens with zero attached hydrogens (tertiary/aromatic N) is 3. The van der Waals surface area contributed by atoms with Crippen LogP contribution < -0.4 is 15.4 Å². The highest BCUT2D eigenvalue weighted by molar-refractivity contribution is 5.94. The average Bonchev–Trinajstić information content (AvgIpc) is 3.37. The molecule has 0 spiro atoms. The summed E-state index contributed by atoms with van der Waals surface area (Å²) in [5.74, 6) is 0.869. The number of amides is 2. The molecule has 2 heterocycles. The molecule has 3 aromatic rings. The Morgan fingerprint density at radius 3 is 2.56 bits per heavy atom. The van der Waals surface area contributed by atoms with Crippen molar-refractivity contribution in [3.8, 4) is 11.8 Å². The third kappa shape index (κ3) is 6.68. The molecule has 1 saturated heterocycles. The minimum atomic E-state index is -0.557. The standard InChI is InChI=1S/C28H29N5O3/c1-20(34)33-16-14-25(19-33)36-24-11-12-26(31-18-24)32-28(35)27(23-5-3-2-4-6-23)30-15-13-21-7-9-22(17-29)10-8-21/h2-12,18,25,27,30H,13-16,19H2,1H3,(H,31,32,35)/t25-,27+/m1/s1. The van der Waals surface area contributed by atoms with Crippen molar-refractivity contribution in [1.29, 1.82) is 5.26 Å². The zero-order valence-corrected chi connectivity index (χ0v) is 20.2. The van der Waals surface area contributed by atoms with Gasteiger partial charge in [0.25, 0.3) is 0 Å². The lowest BCUT2D eigenvalue weighted by Gasteiger charge is -2.19. The van der Waals surface area contributed by atoms with Crippen LogP contribution in [0.5, 0.6) is 5.75 Å². The molecule has 2 amide bonds. The Bertz CT molecular complexity index is 1210. The van der Waals surface area contributed by atoms with Crippen molar-refractivity contribution < 1.29 is 14.3 Å². The van der Waals surface area contributed by atoms with E-state index in [1.165, 1.54) is 0 Å². The Hall–Kier alpha value is -4.22. The quantitative estimate of drug-likeness (QED) is 0.483. The number of carbonyl (C=O) groups excluding carboxylic acids is 2. The first-order valence-electron chi connectivity index (χ1n) is 12.0. The van der Waals surface area contributed by atoms with Crippen molar-refractivity contribution >= 4 is 17.6 Å². The Morgan fingerprint density at radius 2 is 1.92 bits per heavy atom. The van der Waals surface area contributed by atoms with E-state index in [1.54, 1.807) is 42.3 Å². The number of anilines is 1. The molecule has 36 heavy (non-hydrogen) atoms. The van der Waals surface area contributed by atoms with E-state index < -0.39 is 6.04 Å². The number of pyridine rings is 1. The van der Waals surface area contributed by atoms with Gasteiger partial charge in [0.2, 0.25) is 11.8 Å². The normalized spacial score (nSPS) is 15.7. The van der Waals surface area contributed by atoms with Crippen LogP contribution in [0.1, 0.15) is 36.1 Å². The lowest BCUT2D eigenvalue weighted by molar-refractivity contribution is -0.128.